The lowest BCUT2D eigenvalue weighted by atomic mass is 10.00. The van der Waals surface area contributed by atoms with Crippen LogP contribution in [0.2, 0.25) is 0 Å². The van der Waals surface area contributed by atoms with Gasteiger partial charge in [0.25, 0.3) is 0 Å². The summed E-state index contributed by atoms with van der Waals surface area (Å²) in [5, 5.41) is 6.44. The van der Waals surface area contributed by atoms with Crippen molar-refractivity contribution in [2.75, 3.05) is 18.9 Å². The van der Waals surface area contributed by atoms with E-state index in [1.807, 2.05) is 7.05 Å². The lowest BCUT2D eigenvalue weighted by Crippen LogP contribution is -2.38. The Bertz CT molecular complexity index is 312. The van der Waals surface area contributed by atoms with Gasteiger partial charge in [-0.15, -0.1) is 0 Å². The van der Waals surface area contributed by atoms with E-state index in [1.165, 1.54) is 6.07 Å². The van der Waals surface area contributed by atoms with Crippen LogP contribution in [0.25, 0.3) is 0 Å². The molecule has 1 aliphatic heterocycles. The van der Waals surface area contributed by atoms with Crippen LogP contribution in [0, 0.1) is 5.82 Å². The van der Waals surface area contributed by atoms with E-state index < -0.39 is 0 Å². The molecule has 2 N–H and O–H groups in total. The Morgan fingerprint density at radius 3 is 3.15 bits per heavy atom. The molecule has 0 amide bonds. The number of hydrogen-bond acceptors (Lipinski definition) is 2. The van der Waals surface area contributed by atoms with Gasteiger partial charge in [-0.2, -0.15) is 0 Å². The Morgan fingerprint density at radius 1 is 1.54 bits per heavy atom. The molecule has 70 valence electrons. The van der Waals surface area contributed by atoms with Crippen LogP contribution in [0.4, 0.5) is 10.1 Å². The first-order valence-electron chi connectivity index (χ1n) is 4.49. The van der Waals surface area contributed by atoms with E-state index in [2.05, 4.69) is 10.6 Å². The van der Waals surface area contributed by atoms with Crippen LogP contribution in [0.15, 0.2) is 18.2 Å². The van der Waals surface area contributed by atoms with E-state index in [0.717, 1.165) is 24.2 Å². The Balaban J connectivity index is 2.27. The van der Waals surface area contributed by atoms with Crippen LogP contribution in [-0.2, 0) is 6.42 Å². The minimum atomic E-state index is -0.155. The molecule has 1 aromatic carbocycles. The number of benzene rings is 1. The molecule has 1 aromatic rings. The molecule has 1 unspecified atom stereocenters. The second-order valence-electron chi connectivity index (χ2n) is 3.37. The highest BCUT2D eigenvalue weighted by atomic mass is 19.1. The molecule has 0 saturated heterocycles. The summed E-state index contributed by atoms with van der Waals surface area (Å²) in [6.45, 7) is 0.912. The highest BCUT2D eigenvalue weighted by Crippen LogP contribution is 2.22. The molecule has 0 saturated carbocycles. The molecule has 2 nitrogen and oxygen atoms in total. The van der Waals surface area contributed by atoms with E-state index >= 15 is 0 Å². The monoisotopic (exact) mass is 180 g/mol. The summed E-state index contributed by atoms with van der Waals surface area (Å²) >= 11 is 0. The maximum atomic E-state index is 12.9. The van der Waals surface area contributed by atoms with Crippen molar-refractivity contribution in [2.24, 2.45) is 0 Å². The Morgan fingerprint density at radius 2 is 2.38 bits per heavy atom. The molecule has 0 spiro atoms. The average molecular weight is 180 g/mol. The highest BCUT2D eigenvalue weighted by Gasteiger charge is 2.16. The number of anilines is 1. The maximum Gasteiger partial charge on any atom is 0.123 e. The summed E-state index contributed by atoms with van der Waals surface area (Å²) in [6.07, 6.45) is 0.899. The molecular formula is C10H13FN2. The first-order valence-corrected chi connectivity index (χ1v) is 4.49. The lowest BCUT2D eigenvalue weighted by Gasteiger charge is -2.25. The molecule has 1 aliphatic rings. The van der Waals surface area contributed by atoms with Gasteiger partial charge >= 0.3 is 0 Å². The van der Waals surface area contributed by atoms with E-state index in [-0.39, 0.29) is 5.82 Å². The van der Waals surface area contributed by atoms with Crippen molar-refractivity contribution in [3.63, 3.8) is 0 Å². The zero-order valence-corrected chi connectivity index (χ0v) is 7.60. The van der Waals surface area contributed by atoms with Gasteiger partial charge in [0, 0.05) is 18.3 Å². The van der Waals surface area contributed by atoms with E-state index in [4.69, 9.17) is 0 Å². The van der Waals surface area contributed by atoms with E-state index in [0.29, 0.717) is 6.04 Å². The summed E-state index contributed by atoms with van der Waals surface area (Å²) < 4.78 is 12.9. The summed E-state index contributed by atoms with van der Waals surface area (Å²) in [4.78, 5) is 0. The molecule has 1 atom stereocenters. The quantitative estimate of drug-likeness (QED) is 0.682. The van der Waals surface area contributed by atoms with Crippen molar-refractivity contribution in [2.45, 2.75) is 12.5 Å². The molecule has 0 aliphatic carbocycles. The molecule has 13 heavy (non-hydrogen) atoms. The topological polar surface area (TPSA) is 24.1 Å². The number of halogens is 1. The van der Waals surface area contributed by atoms with Gasteiger partial charge in [-0.05, 0) is 37.2 Å². The third-order valence-electron chi connectivity index (χ3n) is 2.48. The summed E-state index contributed by atoms with van der Waals surface area (Å²) in [7, 11) is 1.93. The van der Waals surface area contributed by atoms with Gasteiger partial charge in [-0.1, -0.05) is 0 Å². The van der Waals surface area contributed by atoms with Crippen LogP contribution in [0.1, 0.15) is 5.56 Å². The first kappa shape index (κ1) is 8.51. The summed E-state index contributed by atoms with van der Waals surface area (Å²) in [5.41, 5.74) is 2.12. The van der Waals surface area contributed by atoms with Crippen molar-refractivity contribution in [1.29, 1.82) is 0 Å². The van der Waals surface area contributed by atoms with Crippen molar-refractivity contribution in [3.8, 4) is 0 Å². The van der Waals surface area contributed by atoms with Gasteiger partial charge in [0.15, 0.2) is 0 Å². The molecule has 0 aromatic heterocycles. The number of fused-ring (bicyclic) bond motifs is 1. The Hall–Kier alpha value is -1.09. The highest BCUT2D eigenvalue weighted by molar-refractivity contribution is 5.53. The van der Waals surface area contributed by atoms with Gasteiger partial charge < -0.3 is 10.6 Å². The number of hydrogen-bond donors (Lipinski definition) is 2. The zero-order chi connectivity index (χ0) is 9.26. The van der Waals surface area contributed by atoms with Crippen LogP contribution in [-0.4, -0.2) is 19.6 Å². The van der Waals surface area contributed by atoms with Gasteiger partial charge in [-0.25, -0.2) is 4.39 Å². The minimum absolute atomic E-state index is 0.155. The van der Waals surface area contributed by atoms with Gasteiger partial charge in [-0.3, -0.25) is 0 Å². The van der Waals surface area contributed by atoms with E-state index in [9.17, 15) is 4.39 Å². The second kappa shape index (κ2) is 3.34. The molecule has 2 rings (SSSR count). The molecule has 0 radical (unpaired) electrons. The largest absolute Gasteiger partial charge is 0.383 e. The Labute approximate surface area is 77.2 Å². The third-order valence-corrected chi connectivity index (χ3v) is 2.48. The zero-order valence-electron chi connectivity index (χ0n) is 7.60. The number of likely N-dealkylation sites (N-methyl/N-ethyl adjacent to an activating group) is 1. The fraction of sp³-hybridized carbons (Fsp3) is 0.400. The molecule has 0 bridgehead atoms. The predicted molar refractivity (Wildman–Crippen MR) is 51.4 cm³/mol. The van der Waals surface area contributed by atoms with Gasteiger partial charge in [0.1, 0.15) is 5.82 Å². The molecule has 1 heterocycles. The third kappa shape index (κ3) is 1.65. The normalized spacial score (nSPS) is 20.6. The van der Waals surface area contributed by atoms with E-state index in [1.54, 1.807) is 12.1 Å². The SMILES string of the molecule is CNC1CNc2ccc(F)cc2C1. The second-order valence-corrected chi connectivity index (χ2v) is 3.37. The Kier molecular flexibility index (Phi) is 2.19. The van der Waals surface area contributed by atoms with Crippen LogP contribution < -0.4 is 10.6 Å². The van der Waals surface area contributed by atoms with Gasteiger partial charge in [0.2, 0.25) is 0 Å². The average Bonchev–Trinajstić information content (AvgIpc) is 2.16. The summed E-state index contributed by atoms with van der Waals surface area (Å²) in [6, 6.07) is 5.31. The minimum Gasteiger partial charge on any atom is -0.383 e. The van der Waals surface area contributed by atoms with Crippen molar-refractivity contribution < 1.29 is 4.39 Å². The van der Waals surface area contributed by atoms with Crippen molar-refractivity contribution in [3.05, 3.63) is 29.6 Å². The predicted octanol–water partition coefficient (Wildman–Crippen LogP) is 1.38. The fourth-order valence-electron chi connectivity index (χ4n) is 1.68. The maximum absolute atomic E-state index is 12.9. The molecule has 3 heteroatoms. The lowest BCUT2D eigenvalue weighted by molar-refractivity contribution is 0.564. The van der Waals surface area contributed by atoms with Crippen LogP contribution in [0.5, 0.6) is 0 Å². The van der Waals surface area contributed by atoms with Crippen molar-refractivity contribution >= 4 is 5.69 Å². The smallest absolute Gasteiger partial charge is 0.123 e. The molecule has 0 fully saturated rings. The number of rotatable bonds is 1. The first-order chi connectivity index (χ1) is 6.29. The molecular weight excluding hydrogens is 167 g/mol. The standard InChI is InChI=1S/C10H13FN2/c1-12-9-5-7-4-8(11)2-3-10(7)13-6-9/h2-4,9,12-13H,5-6H2,1H3. The van der Waals surface area contributed by atoms with Crippen LogP contribution >= 0.6 is 0 Å². The van der Waals surface area contributed by atoms with Crippen LogP contribution in [0.3, 0.4) is 0 Å². The summed E-state index contributed by atoms with van der Waals surface area (Å²) in [5.74, 6) is -0.155. The van der Waals surface area contributed by atoms with Gasteiger partial charge in [0.05, 0.1) is 0 Å². The fourth-order valence-corrected chi connectivity index (χ4v) is 1.68. The van der Waals surface area contributed by atoms with Crippen molar-refractivity contribution in [1.82, 2.24) is 5.32 Å². The number of nitrogens with one attached hydrogen (secondary N) is 2.